The number of hydrogen-bond acceptors (Lipinski definition) is 4. The minimum absolute atomic E-state index is 0.0162. The molecule has 2 atom stereocenters. The molecule has 0 spiro atoms. The Balaban J connectivity index is 2.43. The monoisotopic (exact) mass is 146 g/mol. The van der Waals surface area contributed by atoms with Crippen LogP contribution in [0.4, 0.5) is 0 Å². The second-order valence-corrected chi connectivity index (χ2v) is 2.34. The van der Waals surface area contributed by atoms with E-state index in [1.54, 1.807) is 0 Å². The Hall–Kier alpha value is -0.450. The van der Waals surface area contributed by atoms with Crippen molar-refractivity contribution in [3.63, 3.8) is 0 Å². The summed E-state index contributed by atoms with van der Waals surface area (Å²) in [7, 11) is 0. The molecule has 2 N–H and O–H groups in total. The zero-order valence-electron chi connectivity index (χ0n) is 5.49. The van der Waals surface area contributed by atoms with E-state index < -0.39 is 12.2 Å². The number of rotatable bonds is 1. The molecule has 0 aromatic carbocycles. The van der Waals surface area contributed by atoms with Crippen molar-refractivity contribution < 1.29 is 19.7 Å². The lowest BCUT2D eigenvalue weighted by Crippen LogP contribution is -2.40. The maximum atomic E-state index is 10.6. The molecule has 0 aromatic rings. The van der Waals surface area contributed by atoms with Gasteiger partial charge >= 0.3 is 0 Å². The molecule has 1 heterocycles. The molecule has 0 aromatic heterocycles. The molecule has 1 rings (SSSR count). The maximum absolute atomic E-state index is 10.6. The first-order valence-corrected chi connectivity index (χ1v) is 3.16. The van der Waals surface area contributed by atoms with Gasteiger partial charge in [0.15, 0.2) is 5.78 Å². The number of carbonyl (C=O) groups is 1. The maximum Gasteiger partial charge on any atom is 0.161 e. The van der Waals surface area contributed by atoms with Crippen LogP contribution in [0.3, 0.4) is 0 Å². The van der Waals surface area contributed by atoms with E-state index >= 15 is 0 Å². The van der Waals surface area contributed by atoms with Crippen LogP contribution >= 0.6 is 0 Å². The van der Waals surface area contributed by atoms with Gasteiger partial charge in [-0.05, 0) is 0 Å². The topological polar surface area (TPSA) is 66.8 Å². The van der Waals surface area contributed by atoms with Crippen LogP contribution in [-0.2, 0) is 9.53 Å². The van der Waals surface area contributed by atoms with Crippen LogP contribution in [0.25, 0.3) is 0 Å². The van der Waals surface area contributed by atoms with Gasteiger partial charge < -0.3 is 14.9 Å². The second-order valence-electron chi connectivity index (χ2n) is 2.34. The second kappa shape index (κ2) is 3.09. The van der Waals surface area contributed by atoms with Crippen molar-refractivity contribution in [1.29, 1.82) is 0 Å². The number of Topliss-reactive ketones (excluding diaryl/α,β-unsaturated/α-hetero) is 1. The average molecular weight is 146 g/mol. The number of carbonyl (C=O) groups excluding carboxylic acids is 1. The molecule has 1 aliphatic heterocycles. The highest BCUT2D eigenvalue weighted by Crippen LogP contribution is 2.10. The van der Waals surface area contributed by atoms with Crippen LogP contribution in [0.15, 0.2) is 0 Å². The summed E-state index contributed by atoms with van der Waals surface area (Å²) in [5, 5.41) is 17.6. The van der Waals surface area contributed by atoms with Crippen LogP contribution in [0.2, 0.25) is 0 Å². The number of hydrogen-bond donors (Lipinski definition) is 2. The van der Waals surface area contributed by atoms with E-state index in [1.807, 2.05) is 0 Å². The molecule has 0 saturated carbocycles. The molecule has 0 amide bonds. The molecule has 0 radical (unpaired) electrons. The molecule has 0 aliphatic carbocycles. The fraction of sp³-hybridized carbons (Fsp3) is 0.833. The van der Waals surface area contributed by atoms with Crippen LogP contribution in [0, 0.1) is 0 Å². The van der Waals surface area contributed by atoms with Gasteiger partial charge in [0, 0.05) is 6.42 Å². The SMILES string of the molecule is O=C1CO[C@H](CO)[C@@H](O)C1. The third kappa shape index (κ3) is 1.53. The van der Waals surface area contributed by atoms with Gasteiger partial charge in [0.1, 0.15) is 12.7 Å². The predicted octanol–water partition coefficient (Wildman–Crippen LogP) is -1.30. The number of aliphatic hydroxyl groups excluding tert-OH is 2. The quantitative estimate of drug-likeness (QED) is 0.482. The number of ketones is 1. The van der Waals surface area contributed by atoms with Crippen molar-refractivity contribution in [2.24, 2.45) is 0 Å². The summed E-state index contributed by atoms with van der Waals surface area (Å²) in [5.74, 6) is -0.114. The molecule has 1 aliphatic rings. The predicted molar refractivity (Wildman–Crippen MR) is 32.5 cm³/mol. The Bertz CT molecular complexity index is 134. The van der Waals surface area contributed by atoms with E-state index in [-0.39, 0.29) is 25.4 Å². The smallest absolute Gasteiger partial charge is 0.161 e. The highest BCUT2D eigenvalue weighted by atomic mass is 16.5. The Morgan fingerprint density at radius 1 is 1.70 bits per heavy atom. The standard InChI is InChI=1S/C6H10O4/c7-2-6-5(9)1-4(8)3-10-6/h5-7,9H,1-3H2/t5-,6+/m0/s1. The van der Waals surface area contributed by atoms with E-state index in [0.717, 1.165) is 0 Å². The molecule has 1 fully saturated rings. The Morgan fingerprint density at radius 2 is 2.40 bits per heavy atom. The van der Waals surface area contributed by atoms with E-state index in [2.05, 4.69) is 0 Å². The van der Waals surface area contributed by atoms with E-state index in [1.165, 1.54) is 0 Å². The fourth-order valence-corrected chi connectivity index (χ4v) is 0.909. The number of aliphatic hydroxyl groups is 2. The van der Waals surface area contributed by atoms with Crippen molar-refractivity contribution in [3.05, 3.63) is 0 Å². The fourth-order valence-electron chi connectivity index (χ4n) is 0.909. The summed E-state index contributed by atoms with van der Waals surface area (Å²) in [4.78, 5) is 10.6. The third-order valence-electron chi connectivity index (χ3n) is 1.50. The van der Waals surface area contributed by atoms with Gasteiger partial charge in [-0.1, -0.05) is 0 Å². The molecule has 4 nitrogen and oxygen atoms in total. The Labute approximate surface area is 58.4 Å². The molecule has 58 valence electrons. The zero-order valence-corrected chi connectivity index (χ0v) is 5.49. The van der Waals surface area contributed by atoms with Crippen LogP contribution in [0.1, 0.15) is 6.42 Å². The minimum atomic E-state index is -0.828. The molecule has 4 heteroatoms. The minimum Gasteiger partial charge on any atom is -0.394 e. The van der Waals surface area contributed by atoms with Gasteiger partial charge in [0.2, 0.25) is 0 Å². The molecule has 0 unspecified atom stereocenters. The van der Waals surface area contributed by atoms with Crippen molar-refractivity contribution >= 4 is 5.78 Å². The van der Waals surface area contributed by atoms with Gasteiger partial charge in [0.25, 0.3) is 0 Å². The van der Waals surface area contributed by atoms with E-state index in [4.69, 9.17) is 14.9 Å². The molecule has 0 bridgehead atoms. The average Bonchev–Trinajstić information content (AvgIpc) is 1.88. The van der Waals surface area contributed by atoms with Crippen molar-refractivity contribution in [1.82, 2.24) is 0 Å². The third-order valence-corrected chi connectivity index (χ3v) is 1.50. The summed E-state index contributed by atoms with van der Waals surface area (Å²) in [6.45, 7) is -0.212. The molecule has 10 heavy (non-hydrogen) atoms. The zero-order chi connectivity index (χ0) is 7.56. The normalized spacial score (nSPS) is 34.4. The molecular weight excluding hydrogens is 136 g/mol. The van der Waals surface area contributed by atoms with Crippen LogP contribution in [-0.4, -0.2) is 41.4 Å². The Morgan fingerprint density at radius 3 is 2.90 bits per heavy atom. The summed E-state index contributed by atoms with van der Waals surface area (Å²) in [6, 6.07) is 0. The van der Waals surface area contributed by atoms with Gasteiger partial charge in [-0.15, -0.1) is 0 Å². The van der Waals surface area contributed by atoms with Gasteiger partial charge in [-0.3, -0.25) is 4.79 Å². The highest BCUT2D eigenvalue weighted by molar-refractivity contribution is 5.80. The van der Waals surface area contributed by atoms with Crippen molar-refractivity contribution in [2.45, 2.75) is 18.6 Å². The van der Waals surface area contributed by atoms with Gasteiger partial charge in [-0.25, -0.2) is 0 Å². The first-order valence-electron chi connectivity index (χ1n) is 3.16. The molecular formula is C6H10O4. The number of ether oxygens (including phenoxy) is 1. The largest absolute Gasteiger partial charge is 0.394 e. The van der Waals surface area contributed by atoms with Gasteiger partial charge in [0.05, 0.1) is 12.7 Å². The summed E-state index contributed by atoms with van der Waals surface area (Å²) >= 11 is 0. The summed E-state index contributed by atoms with van der Waals surface area (Å²) in [5.41, 5.74) is 0. The van der Waals surface area contributed by atoms with Crippen LogP contribution < -0.4 is 0 Å². The van der Waals surface area contributed by atoms with Gasteiger partial charge in [-0.2, -0.15) is 0 Å². The summed E-state index contributed by atoms with van der Waals surface area (Å²) in [6.07, 6.45) is -1.30. The highest BCUT2D eigenvalue weighted by Gasteiger charge is 2.27. The first-order chi connectivity index (χ1) is 4.74. The van der Waals surface area contributed by atoms with Crippen LogP contribution in [0.5, 0.6) is 0 Å². The lowest BCUT2D eigenvalue weighted by molar-refractivity contribution is -0.146. The van der Waals surface area contributed by atoms with Crippen molar-refractivity contribution in [2.75, 3.05) is 13.2 Å². The lowest BCUT2D eigenvalue weighted by atomic mass is 10.1. The summed E-state index contributed by atoms with van der Waals surface area (Å²) < 4.78 is 4.80. The lowest BCUT2D eigenvalue weighted by Gasteiger charge is -2.25. The molecule has 1 saturated heterocycles. The first kappa shape index (κ1) is 7.65. The van der Waals surface area contributed by atoms with E-state index in [0.29, 0.717) is 0 Å². The Kier molecular flexibility index (Phi) is 2.37. The van der Waals surface area contributed by atoms with Crippen molar-refractivity contribution in [3.8, 4) is 0 Å². The van der Waals surface area contributed by atoms with E-state index in [9.17, 15) is 4.79 Å².